The molecule has 108 valence electrons. The average Bonchev–Trinajstić information content (AvgIpc) is 2.71. The topological polar surface area (TPSA) is 83.5 Å². The van der Waals surface area contributed by atoms with Crippen LogP contribution in [0.5, 0.6) is 0 Å². The zero-order valence-corrected chi connectivity index (χ0v) is 13.9. The Balaban J connectivity index is 3.03. The van der Waals surface area contributed by atoms with E-state index in [0.717, 1.165) is 24.2 Å². The molecule has 0 saturated carbocycles. The maximum Gasteiger partial charge on any atom is 0.345 e. The number of halogens is 1. The Morgan fingerprint density at radius 3 is 2.58 bits per heavy atom. The van der Waals surface area contributed by atoms with E-state index in [1.165, 1.54) is 6.07 Å². The molecule has 0 amide bonds. The first-order valence-corrected chi connectivity index (χ1v) is 8.96. The highest BCUT2D eigenvalue weighted by Gasteiger charge is 2.25. The van der Waals surface area contributed by atoms with Gasteiger partial charge in [-0.1, -0.05) is 20.3 Å². The average molecular weight is 370 g/mol. The summed E-state index contributed by atoms with van der Waals surface area (Å²) in [5.41, 5.74) is 0. The van der Waals surface area contributed by atoms with Gasteiger partial charge < -0.3 is 5.11 Å². The minimum atomic E-state index is -3.69. The fraction of sp³-hybridized carbons (Fsp3) is 0.545. The lowest BCUT2D eigenvalue weighted by atomic mass is 10.1. The summed E-state index contributed by atoms with van der Waals surface area (Å²) in [5.74, 6) is -1.13. The molecule has 0 bridgehead atoms. The molecular formula is C11H16BrNO4S2. The van der Waals surface area contributed by atoms with Crippen LogP contribution in [0.15, 0.2) is 14.7 Å². The molecule has 1 atom stereocenters. The largest absolute Gasteiger partial charge is 0.477 e. The van der Waals surface area contributed by atoms with Crippen LogP contribution in [0, 0.1) is 0 Å². The van der Waals surface area contributed by atoms with E-state index >= 15 is 0 Å². The summed E-state index contributed by atoms with van der Waals surface area (Å²) >= 11 is 4.00. The summed E-state index contributed by atoms with van der Waals surface area (Å²) in [6, 6.07) is 1.05. The Hall–Kier alpha value is -0.440. The summed E-state index contributed by atoms with van der Waals surface area (Å²) in [5, 5.41) is 8.87. The second-order valence-corrected chi connectivity index (χ2v) is 8.12. The van der Waals surface area contributed by atoms with E-state index < -0.39 is 16.0 Å². The number of aromatic carboxylic acids is 1. The van der Waals surface area contributed by atoms with Crippen molar-refractivity contribution in [3.63, 3.8) is 0 Å². The SMILES string of the molecule is CCCC(CC)NS(=O)(=O)c1cc(C(=O)O)sc1Br. The van der Waals surface area contributed by atoms with Gasteiger partial charge in [-0.05, 0) is 34.8 Å². The molecule has 0 aromatic carbocycles. The van der Waals surface area contributed by atoms with Crippen molar-refractivity contribution in [1.82, 2.24) is 4.72 Å². The van der Waals surface area contributed by atoms with Crippen LogP contribution < -0.4 is 4.72 Å². The van der Waals surface area contributed by atoms with Crippen LogP contribution in [0.4, 0.5) is 0 Å². The van der Waals surface area contributed by atoms with Gasteiger partial charge in [0.05, 0.1) is 3.79 Å². The first-order valence-electron chi connectivity index (χ1n) is 5.86. The van der Waals surface area contributed by atoms with Crippen molar-refractivity contribution < 1.29 is 18.3 Å². The van der Waals surface area contributed by atoms with Crippen LogP contribution in [0.2, 0.25) is 0 Å². The second-order valence-electron chi connectivity index (χ2n) is 4.07. The van der Waals surface area contributed by atoms with Gasteiger partial charge >= 0.3 is 5.97 Å². The lowest BCUT2D eigenvalue weighted by Crippen LogP contribution is -2.34. The molecule has 8 heteroatoms. The minimum Gasteiger partial charge on any atom is -0.477 e. The number of hydrogen-bond acceptors (Lipinski definition) is 4. The first-order chi connectivity index (χ1) is 8.81. The van der Waals surface area contributed by atoms with Crippen LogP contribution in [-0.4, -0.2) is 25.5 Å². The first kappa shape index (κ1) is 16.6. The Morgan fingerprint density at radius 1 is 1.53 bits per heavy atom. The molecule has 0 aliphatic rings. The van der Waals surface area contributed by atoms with Gasteiger partial charge in [0.2, 0.25) is 10.0 Å². The zero-order chi connectivity index (χ0) is 14.6. The van der Waals surface area contributed by atoms with Crippen LogP contribution in [0.25, 0.3) is 0 Å². The van der Waals surface area contributed by atoms with Gasteiger partial charge in [-0.15, -0.1) is 11.3 Å². The Morgan fingerprint density at radius 2 is 2.16 bits per heavy atom. The predicted molar refractivity (Wildman–Crippen MR) is 78.3 cm³/mol. The lowest BCUT2D eigenvalue weighted by molar-refractivity contribution is 0.0702. The summed E-state index contributed by atoms with van der Waals surface area (Å²) in [6.07, 6.45) is 2.33. The molecule has 2 N–H and O–H groups in total. The quantitative estimate of drug-likeness (QED) is 0.773. The van der Waals surface area contributed by atoms with E-state index in [4.69, 9.17) is 5.11 Å². The van der Waals surface area contributed by atoms with Crippen molar-refractivity contribution in [1.29, 1.82) is 0 Å². The molecule has 1 rings (SSSR count). The highest BCUT2D eigenvalue weighted by molar-refractivity contribution is 9.11. The lowest BCUT2D eigenvalue weighted by Gasteiger charge is -2.15. The highest BCUT2D eigenvalue weighted by Crippen LogP contribution is 2.31. The fourth-order valence-electron chi connectivity index (χ4n) is 1.62. The van der Waals surface area contributed by atoms with Gasteiger partial charge in [-0.2, -0.15) is 0 Å². The number of carboxylic acid groups (broad SMARTS) is 1. The number of rotatable bonds is 7. The van der Waals surface area contributed by atoms with Gasteiger partial charge in [-0.3, -0.25) is 0 Å². The number of hydrogen-bond donors (Lipinski definition) is 2. The molecule has 1 heterocycles. The summed E-state index contributed by atoms with van der Waals surface area (Å²) < 4.78 is 27.3. The molecule has 0 aliphatic heterocycles. The molecular weight excluding hydrogens is 354 g/mol. The van der Waals surface area contributed by atoms with Crippen LogP contribution in [0.1, 0.15) is 42.8 Å². The molecule has 19 heavy (non-hydrogen) atoms. The standard InChI is InChI=1S/C11H16BrNO4S2/c1-3-5-7(4-2)13-19(16,17)9-6-8(11(14)15)18-10(9)12/h6-7,13H,3-5H2,1-2H3,(H,14,15). The third kappa shape index (κ3) is 4.27. The number of thiophene rings is 1. The molecule has 5 nitrogen and oxygen atoms in total. The highest BCUT2D eigenvalue weighted by atomic mass is 79.9. The van der Waals surface area contributed by atoms with E-state index in [0.29, 0.717) is 10.2 Å². The van der Waals surface area contributed by atoms with Crippen molar-refractivity contribution in [2.45, 2.75) is 44.0 Å². The van der Waals surface area contributed by atoms with Crippen molar-refractivity contribution in [3.05, 3.63) is 14.7 Å². The van der Waals surface area contributed by atoms with E-state index in [-0.39, 0.29) is 15.8 Å². The van der Waals surface area contributed by atoms with Crippen molar-refractivity contribution in [3.8, 4) is 0 Å². The van der Waals surface area contributed by atoms with E-state index in [1.807, 2.05) is 13.8 Å². The van der Waals surface area contributed by atoms with E-state index in [2.05, 4.69) is 20.7 Å². The van der Waals surface area contributed by atoms with Gasteiger partial charge in [0.25, 0.3) is 0 Å². The number of nitrogens with one attached hydrogen (secondary N) is 1. The van der Waals surface area contributed by atoms with Gasteiger partial charge in [0.1, 0.15) is 9.77 Å². The summed E-state index contributed by atoms with van der Waals surface area (Å²) in [6.45, 7) is 3.90. The smallest absolute Gasteiger partial charge is 0.345 e. The number of sulfonamides is 1. The predicted octanol–water partition coefficient (Wildman–Crippen LogP) is 3.07. The number of carbonyl (C=O) groups is 1. The third-order valence-electron chi connectivity index (χ3n) is 2.61. The molecule has 0 fully saturated rings. The van der Waals surface area contributed by atoms with E-state index in [9.17, 15) is 13.2 Å². The zero-order valence-electron chi connectivity index (χ0n) is 10.6. The van der Waals surface area contributed by atoms with Gasteiger partial charge in [-0.25, -0.2) is 17.9 Å². The Labute approximate surface area is 125 Å². The molecule has 1 unspecified atom stereocenters. The maximum atomic E-state index is 12.2. The molecule has 0 saturated heterocycles. The Kier molecular flexibility index (Phi) is 5.97. The number of carboxylic acids is 1. The molecule has 0 radical (unpaired) electrons. The van der Waals surface area contributed by atoms with Crippen molar-refractivity contribution in [2.75, 3.05) is 0 Å². The maximum absolute atomic E-state index is 12.2. The monoisotopic (exact) mass is 369 g/mol. The molecule has 0 aliphatic carbocycles. The van der Waals surface area contributed by atoms with Crippen LogP contribution in [0.3, 0.4) is 0 Å². The van der Waals surface area contributed by atoms with E-state index in [1.54, 1.807) is 0 Å². The molecule has 1 aromatic rings. The summed E-state index contributed by atoms with van der Waals surface area (Å²) in [7, 11) is -3.69. The molecule has 1 aromatic heterocycles. The minimum absolute atomic E-state index is 0.00390. The fourth-order valence-corrected chi connectivity index (χ4v) is 5.38. The van der Waals surface area contributed by atoms with Crippen molar-refractivity contribution in [2.24, 2.45) is 0 Å². The second kappa shape index (κ2) is 6.83. The van der Waals surface area contributed by atoms with Gasteiger partial charge in [0.15, 0.2) is 0 Å². The van der Waals surface area contributed by atoms with Crippen molar-refractivity contribution >= 4 is 43.3 Å². The Bertz CT molecular complexity index is 553. The van der Waals surface area contributed by atoms with Crippen LogP contribution >= 0.6 is 27.3 Å². The van der Waals surface area contributed by atoms with Crippen LogP contribution in [-0.2, 0) is 10.0 Å². The third-order valence-corrected chi connectivity index (χ3v) is 6.37. The summed E-state index contributed by atoms with van der Waals surface area (Å²) in [4.78, 5) is 10.8. The molecule has 0 spiro atoms. The van der Waals surface area contributed by atoms with Gasteiger partial charge in [0, 0.05) is 6.04 Å². The normalized spacial score (nSPS) is 13.4.